The molecule has 0 aromatic heterocycles. The lowest BCUT2D eigenvalue weighted by Crippen LogP contribution is -2.58. The Kier molecular flexibility index (Phi) is 4.67. The fraction of sp³-hybridized carbons (Fsp3) is 0.550. The van der Waals surface area contributed by atoms with E-state index in [9.17, 15) is 14.4 Å². The summed E-state index contributed by atoms with van der Waals surface area (Å²) in [4.78, 5) is 36.2. The minimum absolute atomic E-state index is 0.0856. The number of fused-ring (bicyclic) bond motifs is 4. The van der Waals surface area contributed by atoms with Gasteiger partial charge in [0.05, 0.1) is 0 Å². The fourth-order valence-electron chi connectivity index (χ4n) is 4.50. The summed E-state index contributed by atoms with van der Waals surface area (Å²) < 4.78 is 5.23. The normalized spacial score (nSPS) is 28.4. The molecule has 2 aliphatic rings. The van der Waals surface area contributed by atoms with Crippen molar-refractivity contribution >= 4 is 17.7 Å². The summed E-state index contributed by atoms with van der Waals surface area (Å²) in [7, 11) is 0. The van der Waals surface area contributed by atoms with Crippen molar-refractivity contribution < 1.29 is 19.1 Å². The van der Waals surface area contributed by atoms with Crippen molar-refractivity contribution in [2.75, 3.05) is 0 Å². The van der Waals surface area contributed by atoms with Crippen LogP contribution in [0.2, 0.25) is 0 Å². The largest absolute Gasteiger partial charge is 0.427 e. The van der Waals surface area contributed by atoms with Crippen LogP contribution in [-0.2, 0) is 15.0 Å². The first-order valence-electron chi connectivity index (χ1n) is 8.97. The maximum absolute atomic E-state index is 13.1. The highest BCUT2D eigenvalue weighted by molar-refractivity contribution is 6.02. The van der Waals surface area contributed by atoms with E-state index >= 15 is 0 Å². The maximum atomic E-state index is 13.1. The van der Waals surface area contributed by atoms with E-state index in [1.54, 1.807) is 18.2 Å². The van der Waals surface area contributed by atoms with E-state index in [1.807, 2.05) is 0 Å². The van der Waals surface area contributed by atoms with E-state index < -0.39 is 0 Å². The van der Waals surface area contributed by atoms with Crippen molar-refractivity contribution in [3.63, 3.8) is 0 Å². The molecule has 2 aliphatic carbocycles. The number of hydrogen-bond acceptors (Lipinski definition) is 4. The van der Waals surface area contributed by atoms with Crippen LogP contribution < -0.4 is 10.1 Å². The van der Waals surface area contributed by atoms with Gasteiger partial charge in [0.25, 0.3) is 0 Å². The van der Waals surface area contributed by atoms with Gasteiger partial charge in [-0.15, -0.1) is 0 Å². The van der Waals surface area contributed by atoms with Crippen LogP contribution in [0, 0.1) is 5.92 Å². The second kappa shape index (κ2) is 6.62. The minimum Gasteiger partial charge on any atom is -0.427 e. The van der Waals surface area contributed by atoms with Crippen molar-refractivity contribution in [2.45, 2.75) is 64.3 Å². The number of benzene rings is 1. The Labute approximate surface area is 148 Å². The molecule has 0 saturated heterocycles. The van der Waals surface area contributed by atoms with Crippen LogP contribution in [0.1, 0.15) is 68.8 Å². The van der Waals surface area contributed by atoms with Crippen LogP contribution >= 0.6 is 0 Å². The molecule has 25 heavy (non-hydrogen) atoms. The predicted molar refractivity (Wildman–Crippen MR) is 93.6 cm³/mol. The highest BCUT2D eigenvalue weighted by Crippen LogP contribution is 2.47. The molecule has 5 nitrogen and oxygen atoms in total. The summed E-state index contributed by atoms with van der Waals surface area (Å²) in [5, 5.41) is 3.06. The van der Waals surface area contributed by atoms with Gasteiger partial charge >= 0.3 is 5.97 Å². The number of ether oxygens (including phenoxy) is 1. The van der Waals surface area contributed by atoms with E-state index in [-0.39, 0.29) is 35.0 Å². The van der Waals surface area contributed by atoms with Gasteiger partial charge < -0.3 is 10.1 Å². The fourth-order valence-corrected chi connectivity index (χ4v) is 4.50. The summed E-state index contributed by atoms with van der Waals surface area (Å²) in [5.41, 5.74) is 1.23. The Morgan fingerprint density at radius 3 is 2.64 bits per heavy atom. The average molecular weight is 343 g/mol. The number of hydrogen-bond donors (Lipinski definition) is 1. The molecule has 2 bridgehead atoms. The van der Waals surface area contributed by atoms with E-state index in [0.717, 1.165) is 37.7 Å². The Morgan fingerprint density at radius 1 is 1.20 bits per heavy atom. The molecule has 3 rings (SSSR count). The SMILES string of the molecule is CC(=O)NC1C2CCCCCC1(C)c1cc(OC(C)=O)ccc1C2=O. The number of Topliss-reactive ketones (excluding diaryl/α,β-unsaturated/α-hetero) is 1. The average Bonchev–Trinajstić information content (AvgIpc) is 2.52. The van der Waals surface area contributed by atoms with Crippen LogP contribution in [0.5, 0.6) is 5.75 Å². The summed E-state index contributed by atoms with van der Waals surface area (Å²) in [6.07, 6.45) is 4.82. The number of carbonyl (C=O) groups is 3. The van der Waals surface area contributed by atoms with Gasteiger partial charge in [0.2, 0.25) is 5.91 Å². The number of ketones is 1. The molecular weight excluding hydrogens is 318 g/mol. The molecule has 3 atom stereocenters. The van der Waals surface area contributed by atoms with E-state index in [0.29, 0.717) is 11.3 Å². The molecule has 1 aromatic carbocycles. The molecule has 0 heterocycles. The minimum atomic E-state index is -0.388. The predicted octanol–water partition coefficient (Wildman–Crippen LogP) is 3.15. The third-order valence-electron chi connectivity index (χ3n) is 5.63. The van der Waals surface area contributed by atoms with Crippen LogP contribution in [0.15, 0.2) is 18.2 Å². The summed E-state index contributed by atoms with van der Waals surface area (Å²) >= 11 is 0. The lowest BCUT2D eigenvalue weighted by atomic mass is 9.59. The van der Waals surface area contributed by atoms with Crippen molar-refractivity contribution in [1.29, 1.82) is 0 Å². The molecule has 1 saturated carbocycles. The molecule has 1 aromatic rings. The molecule has 5 heteroatoms. The Bertz CT molecular complexity index is 726. The van der Waals surface area contributed by atoms with E-state index in [2.05, 4.69) is 12.2 Å². The summed E-state index contributed by atoms with van der Waals surface area (Å²) in [5.74, 6) is -0.165. The zero-order valence-electron chi connectivity index (χ0n) is 15.1. The van der Waals surface area contributed by atoms with Crippen molar-refractivity contribution in [2.24, 2.45) is 5.92 Å². The Balaban J connectivity index is 2.15. The van der Waals surface area contributed by atoms with Crippen LogP contribution in [0.25, 0.3) is 0 Å². The van der Waals surface area contributed by atoms with Crippen molar-refractivity contribution in [3.05, 3.63) is 29.3 Å². The monoisotopic (exact) mass is 343 g/mol. The van der Waals surface area contributed by atoms with Crippen LogP contribution in [0.3, 0.4) is 0 Å². The van der Waals surface area contributed by atoms with Gasteiger partial charge in [0.1, 0.15) is 5.75 Å². The standard InChI is InChI=1S/C20H25NO4/c1-12(22)21-19-16-7-5-4-6-10-20(19,3)17-11-14(25-13(2)23)8-9-15(17)18(16)24/h8-9,11,16,19H,4-7,10H2,1-3H3,(H,21,22). The number of carbonyl (C=O) groups excluding carboxylic acids is 3. The molecule has 134 valence electrons. The molecule has 0 spiro atoms. The first kappa shape index (κ1) is 17.6. The van der Waals surface area contributed by atoms with Crippen molar-refractivity contribution in [3.8, 4) is 5.75 Å². The zero-order valence-corrected chi connectivity index (χ0v) is 15.1. The van der Waals surface area contributed by atoms with Crippen LogP contribution in [0.4, 0.5) is 0 Å². The van der Waals surface area contributed by atoms with Gasteiger partial charge in [-0.2, -0.15) is 0 Å². The van der Waals surface area contributed by atoms with E-state index in [4.69, 9.17) is 4.74 Å². The van der Waals surface area contributed by atoms with Gasteiger partial charge in [0, 0.05) is 36.8 Å². The number of esters is 1. The zero-order chi connectivity index (χ0) is 18.2. The van der Waals surface area contributed by atoms with Crippen molar-refractivity contribution in [1.82, 2.24) is 5.32 Å². The van der Waals surface area contributed by atoms with Crippen LogP contribution in [-0.4, -0.2) is 23.7 Å². The van der Waals surface area contributed by atoms with Gasteiger partial charge in [-0.05, 0) is 36.6 Å². The molecule has 3 unspecified atom stereocenters. The Hall–Kier alpha value is -2.17. The van der Waals surface area contributed by atoms with Gasteiger partial charge in [0.15, 0.2) is 5.78 Å². The van der Waals surface area contributed by atoms with Gasteiger partial charge in [-0.1, -0.05) is 26.2 Å². The topological polar surface area (TPSA) is 72.5 Å². The number of amides is 1. The van der Waals surface area contributed by atoms with Gasteiger partial charge in [-0.25, -0.2) is 0 Å². The highest BCUT2D eigenvalue weighted by atomic mass is 16.5. The molecule has 1 amide bonds. The number of rotatable bonds is 2. The molecule has 0 aliphatic heterocycles. The lowest BCUT2D eigenvalue weighted by molar-refractivity contribution is -0.131. The second-order valence-electron chi connectivity index (χ2n) is 7.47. The Morgan fingerprint density at radius 2 is 1.96 bits per heavy atom. The summed E-state index contributed by atoms with van der Waals surface area (Å²) in [6, 6.07) is 5.03. The maximum Gasteiger partial charge on any atom is 0.308 e. The molecular formula is C20H25NO4. The molecule has 1 N–H and O–H groups in total. The second-order valence-corrected chi connectivity index (χ2v) is 7.47. The number of nitrogens with one attached hydrogen (secondary N) is 1. The molecule has 0 radical (unpaired) electrons. The first-order valence-corrected chi connectivity index (χ1v) is 8.97. The molecule has 1 fully saturated rings. The third kappa shape index (κ3) is 3.20. The highest BCUT2D eigenvalue weighted by Gasteiger charge is 2.50. The lowest BCUT2D eigenvalue weighted by Gasteiger charge is -2.48. The van der Waals surface area contributed by atoms with Gasteiger partial charge in [-0.3, -0.25) is 14.4 Å². The summed E-state index contributed by atoms with van der Waals surface area (Å²) in [6.45, 7) is 4.98. The first-order chi connectivity index (χ1) is 11.8. The smallest absolute Gasteiger partial charge is 0.308 e. The third-order valence-corrected chi connectivity index (χ3v) is 5.63. The van der Waals surface area contributed by atoms with E-state index in [1.165, 1.54) is 13.8 Å². The quantitative estimate of drug-likeness (QED) is 0.661.